The predicted octanol–water partition coefficient (Wildman–Crippen LogP) is 4.82. The van der Waals surface area contributed by atoms with Crippen LogP contribution in [0.4, 0.5) is 5.82 Å². The van der Waals surface area contributed by atoms with Gasteiger partial charge in [0.2, 0.25) is 15.9 Å². The lowest BCUT2D eigenvalue weighted by Gasteiger charge is -2.30. The molecule has 0 aliphatic carbocycles. The van der Waals surface area contributed by atoms with Gasteiger partial charge in [0.1, 0.15) is 11.5 Å². The van der Waals surface area contributed by atoms with E-state index in [0.717, 1.165) is 22.3 Å². The number of hydrogen-bond donors (Lipinski definition) is 1. The van der Waals surface area contributed by atoms with Gasteiger partial charge >= 0.3 is 0 Å². The van der Waals surface area contributed by atoms with E-state index in [0.29, 0.717) is 24.4 Å². The monoisotopic (exact) mass is 508 g/mol. The molecule has 3 aromatic rings. The number of sulfonamides is 1. The van der Waals surface area contributed by atoms with E-state index < -0.39 is 10.0 Å². The van der Waals surface area contributed by atoms with E-state index in [9.17, 15) is 13.2 Å². The number of aryl methyl sites for hydroxylation is 5. The Bertz CT molecular complexity index is 1380. The molecule has 9 heteroatoms. The van der Waals surface area contributed by atoms with Gasteiger partial charge in [0.05, 0.1) is 0 Å². The van der Waals surface area contributed by atoms with E-state index in [4.69, 9.17) is 4.52 Å². The van der Waals surface area contributed by atoms with Crippen LogP contribution < -0.4 is 5.32 Å². The summed E-state index contributed by atoms with van der Waals surface area (Å²) in [5.74, 6) is 0.278. The van der Waals surface area contributed by atoms with Crippen molar-refractivity contribution >= 4 is 33.9 Å². The molecule has 0 spiro atoms. The SMILES string of the molecule is Cc1ccc(NC(=O)C2CCN(S(=O)(=O)c3c(C)noc3C=Cc3c(C)cc(C)cc3C)CC2)nc1. The normalized spacial score (nSPS) is 15.5. The van der Waals surface area contributed by atoms with Gasteiger partial charge in [-0.1, -0.05) is 35.0 Å². The molecular weight excluding hydrogens is 476 g/mol. The molecule has 36 heavy (non-hydrogen) atoms. The van der Waals surface area contributed by atoms with Crippen molar-refractivity contribution in [1.82, 2.24) is 14.4 Å². The summed E-state index contributed by atoms with van der Waals surface area (Å²) in [4.78, 5) is 17.0. The van der Waals surface area contributed by atoms with Crippen LogP contribution in [0, 0.1) is 40.5 Å². The number of hydrogen-bond acceptors (Lipinski definition) is 6. The van der Waals surface area contributed by atoms with E-state index in [1.165, 1.54) is 9.87 Å². The molecule has 1 aliphatic rings. The first kappa shape index (κ1) is 25.8. The van der Waals surface area contributed by atoms with E-state index in [2.05, 4.69) is 27.6 Å². The van der Waals surface area contributed by atoms with Crippen LogP contribution in [0.5, 0.6) is 0 Å². The maximum Gasteiger partial charge on any atom is 0.248 e. The Labute approximate surface area is 212 Å². The number of anilines is 1. The lowest BCUT2D eigenvalue weighted by molar-refractivity contribution is -0.120. The third-order valence-electron chi connectivity index (χ3n) is 6.56. The molecule has 1 amide bonds. The zero-order chi connectivity index (χ0) is 26.0. The van der Waals surface area contributed by atoms with Crippen LogP contribution in [0.25, 0.3) is 12.2 Å². The summed E-state index contributed by atoms with van der Waals surface area (Å²) in [6.45, 7) is 10.1. The minimum Gasteiger partial charge on any atom is -0.355 e. The van der Waals surface area contributed by atoms with E-state index in [1.54, 1.807) is 25.3 Å². The second-order valence-corrected chi connectivity index (χ2v) is 11.4. The molecule has 0 bridgehead atoms. The van der Waals surface area contributed by atoms with Crippen LogP contribution in [-0.2, 0) is 14.8 Å². The molecule has 1 aromatic carbocycles. The number of carbonyl (C=O) groups excluding carboxylic acids is 1. The van der Waals surface area contributed by atoms with Crippen molar-refractivity contribution in [2.45, 2.75) is 52.4 Å². The third-order valence-corrected chi connectivity index (χ3v) is 8.62. The molecule has 0 radical (unpaired) electrons. The van der Waals surface area contributed by atoms with Gasteiger partial charge in [0, 0.05) is 25.2 Å². The third kappa shape index (κ3) is 5.42. The van der Waals surface area contributed by atoms with E-state index in [1.807, 2.05) is 39.8 Å². The molecule has 0 unspecified atom stereocenters. The molecule has 190 valence electrons. The van der Waals surface area contributed by atoms with Crippen LogP contribution in [-0.4, -0.2) is 41.9 Å². The highest BCUT2D eigenvalue weighted by Gasteiger charge is 2.36. The Morgan fingerprint density at radius 3 is 2.31 bits per heavy atom. The number of rotatable bonds is 6. The maximum atomic E-state index is 13.6. The molecule has 1 fully saturated rings. The summed E-state index contributed by atoms with van der Waals surface area (Å²) in [7, 11) is -3.84. The topological polar surface area (TPSA) is 105 Å². The van der Waals surface area contributed by atoms with Crippen LogP contribution in [0.3, 0.4) is 0 Å². The quantitative estimate of drug-likeness (QED) is 0.512. The van der Waals surface area contributed by atoms with Crippen molar-refractivity contribution in [2.24, 2.45) is 5.92 Å². The summed E-state index contributed by atoms with van der Waals surface area (Å²) in [5, 5.41) is 6.77. The summed E-state index contributed by atoms with van der Waals surface area (Å²) in [6.07, 6.45) is 6.09. The van der Waals surface area contributed by atoms with Crippen molar-refractivity contribution in [3.8, 4) is 0 Å². The maximum absolute atomic E-state index is 13.6. The van der Waals surface area contributed by atoms with Crippen molar-refractivity contribution < 1.29 is 17.7 Å². The number of aromatic nitrogens is 2. The number of nitrogens with zero attached hydrogens (tertiary/aromatic N) is 3. The average Bonchev–Trinajstić information content (AvgIpc) is 3.21. The van der Waals surface area contributed by atoms with Crippen LogP contribution in [0.15, 0.2) is 39.9 Å². The highest BCUT2D eigenvalue weighted by atomic mass is 32.2. The number of carbonyl (C=O) groups is 1. The van der Waals surface area contributed by atoms with Gasteiger partial charge in [-0.15, -0.1) is 0 Å². The highest BCUT2D eigenvalue weighted by molar-refractivity contribution is 7.89. The summed E-state index contributed by atoms with van der Waals surface area (Å²) >= 11 is 0. The number of nitrogens with one attached hydrogen (secondary N) is 1. The number of pyridine rings is 1. The second kappa shape index (κ2) is 10.4. The van der Waals surface area contributed by atoms with Gasteiger partial charge in [0.15, 0.2) is 10.7 Å². The minimum atomic E-state index is -3.84. The van der Waals surface area contributed by atoms with Gasteiger partial charge in [-0.25, -0.2) is 13.4 Å². The zero-order valence-corrected chi connectivity index (χ0v) is 22.1. The van der Waals surface area contributed by atoms with E-state index >= 15 is 0 Å². The summed E-state index contributed by atoms with van der Waals surface area (Å²) in [5.41, 5.74) is 5.73. The molecule has 3 heterocycles. The van der Waals surface area contributed by atoms with Gasteiger partial charge < -0.3 is 9.84 Å². The molecule has 8 nitrogen and oxygen atoms in total. The van der Waals surface area contributed by atoms with Crippen molar-refractivity contribution in [3.05, 3.63) is 69.7 Å². The van der Waals surface area contributed by atoms with Crippen molar-refractivity contribution in [3.63, 3.8) is 0 Å². The molecule has 2 aromatic heterocycles. The minimum absolute atomic E-state index is 0.0768. The smallest absolute Gasteiger partial charge is 0.248 e. The zero-order valence-electron chi connectivity index (χ0n) is 21.3. The predicted molar refractivity (Wildman–Crippen MR) is 140 cm³/mol. The van der Waals surface area contributed by atoms with Gasteiger partial charge in [-0.2, -0.15) is 4.31 Å². The average molecular weight is 509 g/mol. The molecule has 0 saturated carbocycles. The van der Waals surface area contributed by atoms with E-state index in [-0.39, 0.29) is 35.6 Å². The fraction of sp³-hybridized carbons (Fsp3) is 0.370. The Hall–Kier alpha value is -3.30. The standard InChI is InChI=1S/C27H32N4O4S/c1-17-6-9-25(28-16-17)29-27(32)22-10-12-31(13-11-22)36(33,34)26-21(5)30-35-24(26)8-7-23-19(3)14-18(2)15-20(23)4/h6-9,14-16,22H,10-13H2,1-5H3,(H,28,29,32). The molecule has 4 rings (SSSR count). The molecule has 1 N–H and O–H groups in total. The van der Waals surface area contributed by atoms with Crippen molar-refractivity contribution in [2.75, 3.05) is 18.4 Å². The van der Waals surface area contributed by atoms with Gasteiger partial charge in [0.25, 0.3) is 0 Å². The fourth-order valence-corrected chi connectivity index (χ4v) is 6.39. The second-order valence-electron chi connectivity index (χ2n) is 9.50. The van der Waals surface area contributed by atoms with Crippen LogP contribution in [0.2, 0.25) is 0 Å². The molecular formula is C27H32N4O4S. The summed E-state index contributed by atoms with van der Waals surface area (Å²) in [6, 6.07) is 7.82. The molecule has 1 saturated heterocycles. The number of amides is 1. The van der Waals surface area contributed by atoms with Gasteiger partial charge in [-0.3, -0.25) is 4.79 Å². The summed E-state index contributed by atoms with van der Waals surface area (Å²) < 4.78 is 34.0. The molecule has 1 aliphatic heterocycles. The molecule has 0 atom stereocenters. The Balaban J connectivity index is 1.48. The highest BCUT2D eigenvalue weighted by Crippen LogP contribution is 2.30. The Morgan fingerprint density at radius 2 is 1.69 bits per heavy atom. The first-order chi connectivity index (χ1) is 17.1. The van der Waals surface area contributed by atoms with Gasteiger partial charge in [-0.05, 0) is 81.9 Å². The lowest BCUT2D eigenvalue weighted by atomic mass is 9.97. The first-order valence-corrected chi connectivity index (χ1v) is 13.5. The lowest BCUT2D eigenvalue weighted by Crippen LogP contribution is -2.41. The largest absolute Gasteiger partial charge is 0.355 e. The first-order valence-electron chi connectivity index (χ1n) is 12.0. The Kier molecular flexibility index (Phi) is 7.42. The number of piperidine rings is 1. The number of benzene rings is 1. The fourth-order valence-electron chi connectivity index (χ4n) is 4.67. The Morgan fingerprint density at radius 1 is 1.03 bits per heavy atom. The van der Waals surface area contributed by atoms with Crippen molar-refractivity contribution in [1.29, 1.82) is 0 Å². The van der Waals surface area contributed by atoms with Crippen LogP contribution >= 0.6 is 0 Å². The van der Waals surface area contributed by atoms with Crippen LogP contribution in [0.1, 0.15) is 52.1 Å².